The van der Waals surface area contributed by atoms with Crippen molar-refractivity contribution in [2.75, 3.05) is 20.6 Å². The molecule has 2 aromatic carbocycles. The van der Waals surface area contributed by atoms with E-state index in [0.717, 1.165) is 13.0 Å². The summed E-state index contributed by atoms with van der Waals surface area (Å²) in [6.07, 6.45) is 1.10. The molecular weight excluding hydrogens is 264 g/mol. The van der Waals surface area contributed by atoms with E-state index in [2.05, 4.69) is 34.9 Å². The zero-order valence-corrected chi connectivity index (χ0v) is 12.1. The van der Waals surface area contributed by atoms with Crippen molar-refractivity contribution in [2.45, 2.75) is 12.5 Å². The standard InChI is InChI=1S/C10H17N2.C5H5.Fe/c1-11-8-10(12-2)7-9-5-3-4-6-9;1-2-4-5-3-1;/h3-6,10-12H,7-8H2,1-2H3;1-5H;/q-1;-5;. The fourth-order valence-electron chi connectivity index (χ4n) is 1.68. The summed E-state index contributed by atoms with van der Waals surface area (Å²) >= 11 is 0. The second-order valence-corrected chi connectivity index (χ2v) is 4.00. The zero-order chi connectivity index (χ0) is 12.3. The minimum absolute atomic E-state index is 0. The summed E-state index contributed by atoms with van der Waals surface area (Å²) < 4.78 is 0. The first-order valence-electron chi connectivity index (χ1n) is 6.06. The average Bonchev–Trinajstić information content (AvgIpc) is 3.04. The maximum atomic E-state index is 3.28. The Morgan fingerprint density at radius 2 is 1.50 bits per heavy atom. The van der Waals surface area contributed by atoms with Crippen LogP contribution in [0.5, 0.6) is 0 Å². The Bertz CT molecular complexity index is 323. The van der Waals surface area contributed by atoms with Crippen molar-refractivity contribution >= 4 is 0 Å². The molecule has 1 atom stereocenters. The zero-order valence-electron chi connectivity index (χ0n) is 11.0. The van der Waals surface area contributed by atoms with Crippen molar-refractivity contribution in [1.29, 1.82) is 0 Å². The molecule has 0 saturated carbocycles. The molecule has 0 radical (unpaired) electrons. The molecule has 0 aromatic heterocycles. The predicted molar refractivity (Wildman–Crippen MR) is 74.5 cm³/mol. The number of rotatable bonds is 5. The Morgan fingerprint density at radius 3 is 1.89 bits per heavy atom. The third-order valence-corrected chi connectivity index (χ3v) is 2.63. The van der Waals surface area contributed by atoms with Gasteiger partial charge in [-0.25, -0.2) is 12.1 Å². The van der Waals surface area contributed by atoms with Crippen molar-refractivity contribution in [2.24, 2.45) is 0 Å². The summed E-state index contributed by atoms with van der Waals surface area (Å²) in [6, 6.07) is 19.0. The van der Waals surface area contributed by atoms with Gasteiger partial charge in [-0.15, -0.1) is 0 Å². The summed E-state index contributed by atoms with van der Waals surface area (Å²) in [5.74, 6) is 0. The first-order valence-corrected chi connectivity index (χ1v) is 6.06. The van der Waals surface area contributed by atoms with Crippen LogP contribution in [0.2, 0.25) is 0 Å². The average molecular weight is 286 g/mol. The van der Waals surface area contributed by atoms with Crippen LogP contribution < -0.4 is 10.6 Å². The second-order valence-electron chi connectivity index (χ2n) is 4.00. The van der Waals surface area contributed by atoms with Gasteiger partial charge in [-0.05, 0) is 14.1 Å². The van der Waals surface area contributed by atoms with Crippen LogP contribution in [0.4, 0.5) is 0 Å². The third-order valence-electron chi connectivity index (χ3n) is 2.63. The molecule has 3 heteroatoms. The minimum atomic E-state index is 0. The van der Waals surface area contributed by atoms with Gasteiger partial charge in [0.05, 0.1) is 0 Å². The van der Waals surface area contributed by atoms with E-state index < -0.39 is 0 Å². The molecule has 0 aliphatic carbocycles. The number of hydrogen-bond donors (Lipinski definition) is 2. The molecule has 0 heterocycles. The Kier molecular flexibility index (Phi) is 10.7. The third kappa shape index (κ3) is 7.46. The predicted octanol–water partition coefficient (Wildman–Crippen LogP) is 2.16. The van der Waals surface area contributed by atoms with Gasteiger partial charge in [0.1, 0.15) is 0 Å². The van der Waals surface area contributed by atoms with Crippen molar-refractivity contribution < 1.29 is 17.1 Å². The van der Waals surface area contributed by atoms with Crippen LogP contribution in [-0.4, -0.2) is 26.7 Å². The van der Waals surface area contributed by atoms with Gasteiger partial charge in [-0.3, -0.25) is 0 Å². The van der Waals surface area contributed by atoms with Crippen molar-refractivity contribution in [1.82, 2.24) is 10.6 Å². The normalized spacial score (nSPS) is 11.0. The molecule has 2 aromatic rings. The molecule has 0 amide bonds. The van der Waals surface area contributed by atoms with Gasteiger partial charge in [-0.1, -0.05) is 6.42 Å². The van der Waals surface area contributed by atoms with Crippen molar-refractivity contribution in [3.63, 3.8) is 0 Å². The first kappa shape index (κ1) is 17.1. The van der Waals surface area contributed by atoms with E-state index >= 15 is 0 Å². The molecule has 106 valence electrons. The van der Waals surface area contributed by atoms with E-state index in [1.54, 1.807) is 0 Å². The molecule has 0 aliphatic heterocycles. The van der Waals surface area contributed by atoms with Gasteiger partial charge in [0.25, 0.3) is 0 Å². The van der Waals surface area contributed by atoms with Crippen LogP contribution in [-0.2, 0) is 23.5 Å². The molecule has 0 fully saturated rings. The topological polar surface area (TPSA) is 24.1 Å². The van der Waals surface area contributed by atoms with Crippen LogP contribution >= 0.6 is 0 Å². The molecule has 2 rings (SSSR count). The summed E-state index contributed by atoms with van der Waals surface area (Å²) in [6.45, 7) is 1.02. The quantitative estimate of drug-likeness (QED) is 0.650. The molecule has 2 nitrogen and oxygen atoms in total. The summed E-state index contributed by atoms with van der Waals surface area (Å²) in [5, 5.41) is 6.45. The van der Waals surface area contributed by atoms with E-state index in [1.165, 1.54) is 5.56 Å². The second kappa shape index (κ2) is 11.2. The Morgan fingerprint density at radius 1 is 1.00 bits per heavy atom. The van der Waals surface area contributed by atoms with E-state index in [4.69, 9.17) is 0 Å². The van der Waals surface area contributed by atoms with Gasteiger partial charge in [0.2, 0.25) is 0 Å². The van der Waals surface area contributed by atoms with Crippen molar-refractivity contribution in [3.05, 3.63) is 60.2 Å². The Hall–Kier alpha value is -0.861. The summed E-state index contributed by atoms with van der Waals surface area (Å²) in [7, 11) is 3.99. The fourth-order valence-corrected chi connectivity index (χ4v) is 1.68. The van der Waals surface area contributed by atoms with Gasteiger partial charge in [0, 0.05) is 29.7 Å². The van der Waals surface area contributed by atoms with Gasteiger partial charge in [-0.2, -0.15) is 17.7 Å². The van der Waals surface area contributed by atoms with Crippen LogP contribution in [0, 0.1) is 0 Å². The minimum Gasteiger partial charge on any atom is -0.748 e. The van der Waals surface area contributed by atoms with E-state index in [9.17, 15) is 0 Å². The van der Waals surface area contributed by atoms with Gasteiger partial charge >= 0.3 is 0 Å². The van der Waals surface area contributed by atoms with E-state index in [-0.39, 0.29) is 17.1 Å². The number of likely N-dealkylation sites (N-methyl/N-ethyl adjacent to an activating group) is 2. The molecule has 0 spiro atoms. The van der Waals surface area contributed by atoms with Crippen LogP contribution in [0.25, 0.3) is 0 Å². The monoisotopic (exact) mass is 286 g/mol. The largest absolute Gasteiger partial charge is 0.748 e. The number of hydrogen-bond acceptors (Lipinski definition) is 2. The SMILES string of the molecule is CNCC(C[c-]1cccc1)NC.[Fe].[cH-]1[cH-][cH-][cH-][cH-]1. The molecule has 1 unspecified atom stereocenters. The Labute approximate surface area is 121 Å². The van der Waals surface area contributed by atoms with E-state index in [0.29, 0.717) is 6.04 Å². The maximum absolute atomic E-state index is 3.28. The molecule has 2 N–H and O–H groups in total. The van der Waals surface area contributed by atoms with Gasteiger partial charge < -0.3 is 41.0 Å². The molecular formula is C15H22FeN2-6. The van der Waals surface area contributed by atoms with Crippen LogP contribution in [0.3, 0.4) is 0 Å². The summed E-state index contributed by atoms with van der Waals surface area (Å²) in [4.78, 5) is 0. The number of nitrogens with one attached hydrogen (secondary N) is 2. The molecule has 0 bridgehead atoms. The Balaban J connectivity index is 0.000000405. The molecule has 18 heavy (non-hydrogen) atoms. The van der Waals surface area contributed by atoms with Crippen LogP contribution in [0.1, 0.15) is 5.56 Å². The molecule has 0 saturated heterocycles. The van der Waals surface area contributed by atoms with E-state index in [1.807, 2.05) is 44.4 Å². The van der Waals surface area contributed by atoms with Crippen molar-refractivity contribution in [3.8, 4) is 0 Å². The summed E-state index contributed by atoms with van der Waals surface area (Å²) in [5.41, 5.74) is 1.41. The first-order chi connectivity index (χ1) is 8.36. The fraction of sp³-hybridized carbons (Fsp3) is 0.333. The maximum Gasteiger partial charge on any atom is 0.0125 e. The molecule has 0 aliphatic rings. The van der Waals surface area contributed by atoms with Crippen LogP contribution in [0.15, 0.2) is 54.6 Å². The smallest absolute Gasteiger partial charge is 0.0125 e. The van der Waals surface area contributed by atoms with Gasteiger partial charge in [0.15, 0.2) is 0 Å².